The Morgan fingerprint density at radius 1 is 1.38 bits per heavy atom. The summed E-state index contributed by atoms with van der Waals surface area (Å²) in [6, 6.07) is 7.79. The van der Waals surface area contributed by atoms with E-state index in [1.807, 2.05) is 18.2 Å². The van der Waals surface area contributed by atoms with E-state index in [4.69, 9.17) is 15.7 Å². The van der Waals surface area contributed by atoms with E-state index in [9.17, 15) is 0 Å². The minimum Gasteiger partial charge on any atom is -0.496 e. The number of nitrogens with one attached hydrogen (secondary N) is 1. The molecule has 2 aromatic rings. The first-order valence-electron chi connectivity index (χ1n) is 6.61. The zero-order valence-corrected chi connectivity index (χ0v) is 12.7. The number of nitrogens with zero attached hydrogens (tertiary/aromatic N) is 1. The van der Waals surface area contributed by atoms with Gasteiger partial charge in [-0.15, -0.1) is 0 Å². The van der Waals surface area contributed by atoms with E-state index in [0.29, 0.717) is 11.3 Å². The molecule has 0 unspecified atom stereocenters. The fourth-order valence-corrected chi connectivity index (χ4v) is 2.72. The Morgan fingerprint density at radius 3 is 2.90 bits per heavy atom. The van der Waals surface area contributed by atoms with E-state index < -0.39 is 0 Å². The molecule has 21 heavy (non-hydrogen) atoms. The lowest BCUT2D eigenvalue weighted by Gasteiger charge is -2.10. The maximum Gasteiger partial charge on any atom is 0.173 e. The fourth-order valence-electron chi connectivity index (χ4n) is 2.02. The van der Waals surface area contributed by atoms with E-state index in [2.05, 4.69) is 27.3 Å². The summed E-state index contributed by atoms with van der Waals surface area (Å²) in [4.78, 5) is 0. The molecule has 0 aliphatic heterocycles. The number of hydrogen-bond donors (Lipinski definition) is 3. The van der Waals surface area contributed by atoms with Gasteiger partial charge in [0.1, 0.15) is 5.75 Å². The highest BCUT2D eigenvalue weighted by atomic mass is 32.1. The molecule has 0 saturated carbocycles. The minimum atomic E-state index is 0.0481. The molecular weight excluding hydrogens is 286 g/mol. The molecule has 1 heterocycles. The predicted molar refractivity (Wildman–Crippen MR) is 85.2 cm³/mol. The number of rotatable bonds is 7. The molecule has 0 bridgehead atoms. The van der Waals surface area contributed by atoms with Crippen molar-refractivity contribution >= 4 is 17.2 Å². The van der Waals surface area contributed by atoms with E-state index >= 15 is 0 Å². The Morgan fingerprint density at radius 2 is 2.24 bits per heavy atom. The molecule has 0 fully saturated rings. The number of methoxy groups -OCH3 is 1. The largest absolute Gasteiger partial charge is 0.496 e. The van der Waals surface area contributed by atoms with Gasteiger partial charge < -0.3 is 21.0 Å². The van der Waals surface area contributed by atoms with Crippen molar-refractivity contribution in [2.75, 3.05) is 13.7 Å². The van der Waals surface area contributed by atoms with Gasteiger partial charge in [-0.05, 0) is 53.1 Å². The van der Waals surface area contributed by atoms with Crippen molar-refractivity contribution < 1.29 is 9.94 Å². The number of hydrogen-bond acceptors (Lipinski definition) is 5. The van der Waals surface area contributed by atoms with Gasteiger partial charge in [0.2, 0.25) is 0 Å². The molecule has 0 spiro atoms. The zero-order valence-electron chi connectivity index (χ0n) is 11.9. The zero-order chi connectivity index (χ0) is 15.1. The van der Waals surface area contributed by atoms with Gasteiger partial charge in [0.15, 0.2) is 5.84 Å². The van der Waals surface area contributed by atoms with Crippen LogP contribution in [0, 0.1) is 0 Å². The number of ether oxygens (including phenoxy) is 1. The SMILES string of the molecule is COc1ccc(CNCCc2ccsc2)cc1C(N)=NO. The average Bonchev–Trinajstić information content (AvgIpc) is 3.04. The second kappa shape index (κ2) is 7.66. The van der Waals surface area contributed by atoms with Crippen LogP contribution in [0.25, 0.3) is 0 Å². The molecule has 0 radical (unpaired) electrons. The lowest BCUT2D eigenvalue weighted by molar-refractivity contribution is 0.318. The first kappa shape index (κ1) is 15.3. The Hall–Kier alpha value is -2.05. The monoisotopic (exact) mass is 305 g/mol. The van der Waals surface area contributed by atoms with Crippen LogP contribution in [0.2, 0.25) is 0 Å². The Labute approximate surface area is 128 Å². The van der Waals surface area contributed by atoms with Crippen molar-refractivity contribution in [1.29, 1.82) is 0 Å². The highest BCUT2D eigenvalue weighted by Gasteiger charge is 2.08. The van der Waals surface area contributed by atoms with Crippen LogP contribution in [-0.4, -0.2) is 24.7 Å². The van der Waals surface area contributed by atoms with Gasteiger partial charge in [-0.1, -0.05) is 11.2 Å². The van der Waals surface area contributed by atoms with E-state index in [0.717, 1.165) is 25.1 Å². The summed E-state index contributed by atoms with van der Waals surface area (Å²) in [5.74, 6) is 0.638. The van der Waals surface area contributed by atoms with Crippen molar-refractivity contribution in [2.24, 2.45) is 10.9 Å². The maximum atomic E-state index is 8.81. The first-order chi connectivity index (χ1) is 10.2. The lowest BCUT2D eigenvalue weighted by atomic mass is 10.1. The van der Waals surface area contributed by atoms with Crippen LogP contribution in [-0.2, 0) is 13.0 Å². The number of benzene rings is 1. The highest BCUT2D eigenvalue weighted by molar-refractivity contribution is 7.07. The molecule has 0 aliphatic rings. The number of thiophene rings is 1. The Balaban J connectivity index is 1.94. The third-order valence-corrected chi connectivity index (χ3v) is 3.88. The molecule has 5 nitrogen and oxygen atoms in total. The van der Waals surface area contributed by atoms with Crippen molar-refractivity contribution in [3.8, 4) is 5.75 Å². The Bertz CT molecular complexity index is 597. The smallest absolute Gasteiger partial charge is 0.173 e. The van der Waals surface area contributed by atoms with Crippen LogP contribution in [0.5, 0.6) is 5.75 Å². The fraction of sp³-hybridized carbons (Fsp3) is 0.267. The molecule has 0 amide bonds. The van der Waals surface area contributed by atoms with Crippen LogP contribution in [0.4, 0.5) is 0 Å². The van der Waals surface area contributed by atoms with Gasteiger partial charge >= 0.3 is 0 Å². The number of amidine groups is 1. The van der Waals surface area contributed by atoms with Gasteiger partial charge in [0.05, 0.1) is 12.7 Å². The summed E-state index contributed by atoms with van der Waals surface area (Å²) < 4.78 is 5.21. The van der Waals surface area contributed by atoms with E-state index in [1.54, 1.807) is 18.4 Å². The van der Waals surface area contributed by atoms with Crippen molar-refractivity contribution in [3.05, 3.63) is 51.7 Å². The number of nitrogens with two attached hydrogens (primary N) is 1. The van der Waals surface area contributed by atoms with Gasteiger partial charge in [-0.25, -0.2) is 0 Å². The summed E-state index contributed by atoms with van der Waals surface area (Å²) in [5.41, 5.74) is 8.66. The molecule has 0 aliphatic carbocycles. The molecular formula is C15H19N3O2S. The van der Waals surface area contributed by atoms with Crippen molar-refractivity contribution in [3.63, 3.8) is 0 Å². The van der Waals surface area contributed by atoms with Crippen LogP contribution >= 0.6 is 11.3 Å². The van der Waals surface area contributed by atoms with Crippen molar-refractivity contribution in [1.82, 2.24) is 5.32 Å². The average molecular weight is 305 g/mol. The molecule has 1 aromatic carbocycles. The van der Waals surface area contributed by atoms with E-state index in [1.165, 1.54) is 5.56 Å². The second-order valence-corrected chi connectivity index (χ2v) is 5.36. The third kappa shape index (κ3) is 4.21. The molecule has 4 N–H and O–H groups in total. The van der Waals surface area contributed by atoms with Crippen LogP contribution in [0.1, 0.15) is 16.7 Å². The van der Waals surface area contributed by atoms with Crippen LogP contribution in [0.3, 0.4) is 0 Å². The molecule has 6 heteroatoms. The van der Waals surface area contributed by atoms with Crippen molar-refractivity contribution in [2.45, 2.75) is 13.0 Å². The summed E-state index contributed by atoms with van der Waals surface area (Å²) in [7, 11) is 1.56. The first-order valence-corrected chi connectivity index (χ1v) is 7.55. The molecule has 0 atom stereocenters. The number of oxime groups is 1. The molecule has 2 rings (SSSR count). The quantitative estimate of drug-likeness (QED) is 0.241. The van der Waals surface area contributed by atoms with Crippen LogP contribution < -0.4 is 15.8 Å². The van der Waals surface area contributed by atoms with Gasteiger partial charge in [0.25, 0.3) is 0 Å². The summed E-state index contributed by atoms with van der Waals surface area (Å²) in [6.07, 6.45) is 1.01. The Kier molecular flexibility index (Phi) is 5.59. The third-order valence-electron chi connectivity index (χ3n) is 3.15. The standard InChI is InChI=1S/C15H19N3O2S/c1-20-14-3-2-12(8-13(14)15(16)18-19)9-17-6-4-11-5-7-21-10-11/h2-3,5,7-8,10,17,19H,4,6,9H2,1H3,(H2,16,18). The summed E-state index contributed by atoms with van der Waals surface area (Å²) in [6.45, 7) is 1.63. The second-order valence-electron chi connectivity index (χ2n) is 4.58. The summed E-state index contributed by atoms with van der Waals surface area (Å²) >= 11 is 1.71. The lowest BCUT2D eigenvalue weighted by Crippen LogP contribution is -2.18. The molecule has 112 valence electrons. The van der Waals surface area contributed by atoms with Crippen LogP contribution in [0.15, 0.2) is 40.2 Å². The van der Waals surface area contributed by atoms with Gasteiger partial charge in [-0.2, -0.15) is 11.3 Å². The van der Waals surface area contributed by atoms with Gasteiger partial charge in [0, 0.05) is 6.54 Å². The summed E-state index contributed by atoms with van der Waals surface area (Å²) in [5, 5.41) is 19.5. The molecule has 1 aromatic heterocycles. The van der Waals surface area contributed by atoms with E-state index in [-0.39, 0.29) is 5.84 Å². The minimum absolute atomic E-state index is 0.0481. The highest BCUT2D eigenvalue weighted by Crippen LogP contribution is 2.19. The normalized spacial score (nSPS) is 11.6. The topological polar surface area (TPSA) is 79.9 Å². The maximum absolute atomic E-state index is 8.81. The van der Waals surface area contributed by atoms with Gasteiger partial charge in [-0.3, -0.25) is 0 Å². The predicted octanol–water partition coefficient (Wildman–Crippen LogP) is 2.18. The molecule has 0 saturated heterocycles.